The monoisotopic (exact) mass is 1330 g/mol. The Morgan fingerprint density at radius 3 is 1.24 bits per heavy atom. The van der Waals surface area contributed by atoms with Crippen LogP contribution in [0.4, 0.5) is 34.1 Å². The van der Waals surface area contributed by atoms with E-state index in [9.17, 15) is 0 Å². The third kappa shape index (κ3) is 10.7. The molecule has 3 aliphatic rings. The summed E-state index contributed by atoms with van der Waals surface area (Å²) in [5, 5.41) is 2.46. The molecule has 0 atom stereocenters. The Balaban J connectivity index is 1.000. The van der Waals surface area contributed by atoms with Crippen molar-refractivity contribution in [2.75, 3.05) is 9.80 Å². The molecule has 0 amide bonds. The van der Waals surface area contributed by atoms with Gasteiger partial charge in [-0.1, -0.05) is 316 Å². The fourth-order valence-corrected chi connectivity index (χ4v) is 17.2. The second-order valence-corrected chi connectivity index (χ2v) is 34.6. The normalized spacial score (nSPS) is 14.0. The average molecular weight is 1330 g/mol. The molecular weight excluding hydrogens is 1240 g/mol. The Labute approximate surface area is 611 Å². The van der Waals surface area contributed by atoms with E-state index in [2.05, 4.69) is 403 Å². The standard InChI is InChI=1S/C99H92BN3/c1-94(2,3)69-45-50-86(77(56-69)63-32-20-16-21-33-63)102-89-54-65(66-52-71(96(7,8)9)55-72(53-66)97(10,11)12)44-48-83(89)100-84-49-47-74(60-90(84)103(92-59-73(98(13,14)15)58-91(102)93(92)100)87-51-46-70(95(4,5)6)57-78(87)64-34-22-17-23-35-64)101-85-43-31-29-41-76(85)80-61-79-75-40-28-30-42-81(75)99(82(79)62-88(80)101,67-36-24-18-25-37-67)68-38-26-19-27-39-68/h16-62H,1-15H3. The summed E-state index contributed by atoms with van der Waals surface area (Å²) in [6.07, 6.45) is 0. The second-order valence-electron chi connectivity index (χ2n) is 34.6. The lowest BCUT2D eigenvalue weighted by atomic mass is 9.33. The van der Waals surface area contributed by atoms with Crippen molar-refractivity contribution < 1.29 is 0 Å². The molecule has 4 heteroatoms. The minimum absolute atomic E-state index is 0.0711. The molecule has 0 spiro atoms. The molecule has 0 unspecified atom stereocenters. The maximum absolute atomic E-state index is 2.70. The Morgan fingerprint density at radius 1 is 0.262 bits per heavy atom. The summed E-state index contributed by atoms with van der Waals surface area (Å²) in [5.74, 6) is 0. The van der Waals surface area contributed by atoms with E-state index in [4.69, 9.17) is 0 Å². The lowest BCUT2D eigenvalue weighted by molar-refractivity contribution is 0.569. The third-order valence-electron chi connectivity index (χ3n) is 22.8. The summed E-state index contributed by atoms with van der Waals surface area (Å²) < 4.78 is 2.59. The van der Waals surface area contributed by atoms with Gasteiger partial charge in [0, 0.05) is 50.3 Å². The largest absolute Gasteiger partial charge is 0.311 e. The van der Waals surface area contributed by atoms with Gasteiger partial charge in [-0.2, -0.15) is 0 Å². The van der Waals surface area contributed by atoms with Crippen molar-refractivity contribution in [1.82, 2.24) is 4.57 Å². The molecule has 3 heterocycles. The van der Waals surface area contributed by atoms with E-state index in [0.29, 0.717) is 0 Å². The number of para-hydroxylation sites is 1. The summed E-state index contributed by atoms with van der Waals surface area (Å²) in [6.45, 7) is 35.2. The SMILES string of the molecule is CC(C)(C)c1cc(-c2ccc3c(c2)N(c2ccc(C(C)(C)C)cc2-c2ccccc2)c2cc(C(C)(C)C)cc4c2B3c2ccc(-n3c5ccccc5c5cc6c(cc53)C(c3ccccc3)(c3ccccc3)c3ccccc3-6)cc2N4c2ccc(C(C)(C)C)cc2-c2ccccc2)cc(C(C)(C)C)c1. The second kappa shape index (κ2) is 23.7. The van der Waals surface area contributed by atoms with Crippen molar-refractivity contribution in [3.05, 3.63) is 335 Å². The fraction of sp³-hybridized carbons (Fsp3) is 0.212. The third-order valence-corrected chi connectivity index (χ3v) is 22.8. The van der Waals surface area contributed by atoms with Gasteiger partial charge in [0.25, 0.3) is 6.71 Å². The lowest BCUT2D eigenvalue weighted by Crippen LogP contribution is -2.61. The number of anilines is 6. The molecule has 2 aliphatic heterocycles. The molecule has 0 bridgehead atoms. The molecule has 13 aromatic carbocycles. The van der Waals surface area contributed by atoms with E-state index in [1.807, 2.05) is 0 Å². The molecule has 3 nitrogen and oxygen atoms in total. The number of hydrogen-bond donors (Lipinski definition) is 0. The predicted octanol–water partition coefficient (Wildman–Crippen LogP) is 24.7. The minimum Gasteiger partial charge on any atom is -0.311 e. The van der Waals surface area contributed by atoms with Gasteiger partial charge >= 0.3 is 0 Å². The first-order chi connectivity index (χ1) is 49.2. The van der Waals surface area contributed by atoms with Crippen LogP contribution in [-0.2, 0) is 32.5 Å². The molecule has 1 aromatic heterocycles. The zero-order valence-corrected chi connectivity index (χ0v) is 62.6. The Bertz CT molecular complexity index is 5630. The highest BCUT2D eigenvalue weighted by atomic mass is 15.2. The topological polar surface area (TPSA) is 11.4 Å². The van der Waals surface area contributed by atoms with Crippen LogP contribution in [0.15, 0.2) is 285 Å². The highest BCUT2D eigenvalue weighted by Crippen LogP contribution is 2.59. The van der Waals surface area contributed by atoms with Crippen molar-refractivity contribution in [3.8, 4) is 50.2 Å². The number of fused-ring (bicyclic) bond motifs is 10. The molecule has 0 radical (unpaired) electrons. The Hall–Kier alpha value is -10.7. The van der Waals surface area contributed by atoms with E-state index in [0.717, 1.165) is 22.7 Å². The van der Waals surface area contributed by atoms with Crippen LogP contribution in [0.1, 0.15) is 154 Å². The van der Waals surface area contributed by atoms with Crippen LogP contribution in [0.25, 0.3) is 72.0 Å². The molecule has 0 saturated heterocycles. The first-order valence-corrected chi connectivity index (χ1v) is 37.2. The number of benzene rings is 13. The summed E-state index contributed by atoms with van der Waals surface area (Å²) in [6, 6.07) is 110. The van der Waals surface area contributed by atoms with Gasteiger partial charge in [0.05, 0.1) is 27.8 Å². The summed E-state index contributed by atoms with van der Waals surface area (Å²) >= 11 is 0. The smallest absolute Gasteiger partial charge is 0.252 e. The average Bonchev–Trinajstić information content (AvgIpc) is 1.64. The summed E-state index contributed by atoms with van der Waals surface area (Å²) in [4.78, 5) is 5.38. The Kier molecular flexibility index (Phi) is 15.1. The van der Waals surface area contributed by atoms with Crippen LogP contribution in [0, 0.1) is 0 Å². The fourth-order valence-electron chi connectivity index (χ4n) is 17.2. The highest BCUT2D eigenvalue weighted by molar-refractivity contribution is 7.00. The van der Waals surface area contributed by atoms with Gasteiger partial charge in [-0.25, -0.2) is 0 Å². The van der Waals surface area contributed by atoms with Crippen molar-refractivity contribution in [2.24, 2.45) is 0 Å². The van der Waals surface area contributed by atoms with Crippen LogP contribution >= 0.6 is 0 Å². The van der Waals surface area contributed by atoms with Crippen molar-refractivity contribution in [3.63, 3.8) is 0 Å². The van der Waals surface area contributed by atoms with Crippen molar-refractivity contribution in [1.29, 1.82) is 0 Å². The molecule has 103 heavy (non-hydrogen) atoms. The minimum atomic E-state index is -0.585. The molecule has 17 rings (SSSR count). The van der Waals surface area contributed by atoms with Crippen molar-refractivity contribution >= 4 is 79.0 Å². The van der Waals surface area contributed by atoms with Crippen LogP contribution in [0.3, 0.4) is 0 Å². The van der Waals surface area contributed by atoms with Gasteiger partial charge < -0.3 is 14.4 Å². The van der Waals surface area contributed by atoms with E-state index in [1.54, 1.807) is 0 Å². The van der Waals surface area contributed by atoms with Crippen LogP contribution in [0.5, 0.6) is 0 Å². The molecular formula is C99H92BN3. The Morgan fingerprint density at radius 2 is 0.718 bits per heavy atom. The summed E-state index contributed by atoms with van der Waals surface area (Å²) in [7, 11) is 0. The van der Waals surface area contributed by atoms with E-state index >= 15 is 0 Å². The number of aromatic nitrogens is 1. The van der Waals surface area contributed by atoms with Crippen LogP contribution in [0.2, 0.25) is 0 Å². The van der Waals surface area contributed by atoms with Gasteiger partial charge in [0.15, 0.2) is 0 Å². The zero-order chi connectivity index (χ0) is 71.4. The van der Waals surface area contributed by atoms with Gasteiger partial charge in [0.1, 0.15) is 0 Å². The predicted molar refractivity (Wildman–Crippen MR) is 442 cm³/mol. The van der Waals surface area contributed by atoms with Crippen LogP contribution in [-0.4, -0.2) is 11.3 Å². The van der Waals surface area contributed by atoms with Gasteiger partial charge in [-0.3, -0.25) is 0 Å². The van der Waals surface area contributed by atoms with E-state index in [1.165, 1.54) is 150 Å². The quantitative estimate of drug-likeness (QED) is 0.141. The highest BCUT2D eigenvalue weighted by Gasteiger charge is 2.48. The lowest BCUT2D eigenvalue weighted by Gasteiger charge is -2.46. The first-order valence-electron chi connectivity index (χ1n) is 37.2. The first kappa shape index (κ1) is 65.6. The van der Waals surface area contributed by atoms with Gasteiger partial charge in [0.2, 0.25) is 0 Å². The molecule has 506 valence electrons. The molecule has 14 aromatic rings. The van der Waals surface area contributed by atoms with E-state index in [-0.39, 0.29) is 33.8 Å². The number of hydrogen-bond acceptors (Lipinski definition) is 2. The van der Waals surface area contributed by atoms with Gasteiger partial charge in [-0.05, 0) is 200 Å². The molecule has 0 N–H and O–H groups in total. The summed E-state index contributed by atoms with van der Waals surface area (Å²) in [5.41, 5.74) is 34.4. The van der Waals surface area contributed by atoms with Gasteiger partial charge in [-0.15, -0.1) is 0 Å². The maximum Gasteiger partial charge on any atom is 0.252 e. The number of nitrogens with zero attached hydrogens (tertiary/aromatic N) is 3. The van der Waals surface area contributed by atoms with E-state index < -0.39 is 5.41 Å². The molecule has 1 aliphatic carbocycles. The molecule has 0 saturated carbocycles. The molecule has 0 fully saturated rings. The van der Waals surface area contributed by atoms with Crippen LogP contribution < -0.4 is 26.2 Å². The maximum atomic E-state index is 2.70. The zero-order valence-electron chi connectivity index (χ0n) is 62.6. The van der Waals surface area contributed by atoms with Crippen molar-refractivity contribution in [2.45, 2.75) is 136 Å². The number of rotatable bonds is 8.